The summed E-state index contributed by atoms with van der Waals surface area (Å²) < 4.78 is 2.10. The van der Waals surface area contributed by atoms with Crippen LogP contribution in [0.3, 0.4) is 0 Å². The summed E-state index contributed by atoms with van der Waals surface area (Å²) in [7, 11) is 2.04. The summed E-state index contributed by atoms with van der Waals surface area (Å²) in [5, 5.41) is 1.22. The third-order valence-electron chi connectivity index (χ3n) is 3.22. The van der Waals surface area contributed by atoms with Gasteiger partial charge in [0, 0.05) is 29.7 Å². The molecule has 0 atom stereocenters. The summed E-state index contributed by atoms with van der Waals surface area (Å²) in [4.78, 5) is 10.5. The third-order valence-corrected chi connectivity index (χ3v) is 3.22. The molecule has 0 aliphatic rings. The molecule has 1 radical (unpaired) electrons. The van der Waals surface area contributed by atoms with E-state index in [1.807, 2.05) is 25.5 Å². The number of benzene rings is 2. The molecule has 0 bridgehead atoms. The molecule has 3 rings (SSSR count). The van der Waals surface area contributed by atoms with Crippen molar-refractivity contribution in [2.45, 2.75) is 0 Å². The Hall–Kier alpha value is -2.35. The van der Waals surface area contributed by atoms with Crippen LogP contribution in [-0.2, 0) is 11.8 Å². The molecule has 0 unspecified atom stereocenters. The third kappa shape index (κ3) is 1.72. The molecule has 2 nitrogen and oxygen atoms in total. The largest absolute Gasteiger partial charge is 0.351 e. The topological polar surface area (TPSA) is 22.0 Å². The van der Waals surface area contributed by atoms with Gasteiger partial charge in [-0.05, 0) is 29.3 Å². The highest BCUT2D eigenvalue weighted by atomic mass is 16.1. The molecule has 1 aromatic heterocycles. The van der Waals surface area contributed by atoms with Gasteiger partial charge in [-0.3, -0.25) is 4.79 Å². The second-order valence-electron chi connectivity index (χ2n) is 4.38. The minimum absolute atomic E-state index is 0.583. The van der Waals surface area contributed by atoms with E-state index >= 15 is 0 Å². The highest BCUT2D eigenvalue weighted by Crippen LogP contribution is 2.24. The minimum atomic E-state index is 0.583. The number of hydrogen-bond acceptors (Lipinski definition) is 1. The summed E-state index contributed by atoms with van der Waals surface area (Å²) in [6.45, 7) is 0. The first kappa shape index (κ1) is 10.8. The van der Waals surface area contributed by atoms with Gasteiger partial charge >= 0.3 is 0 Å². The highest BCUT2D eigenvalue weighted by molar-refractivity contribution is 5.86. The van der Waals surface area contributed by atoms with Crippen LogP contribution in [0.5, 0.6) is 0 Å². The van der Waals surface area contributed by atoms with Gasteiger partial charge in [0.05, 0.1) is 0 Å². The number of rotatable bonds is 2. The number of carbonyl (C=O) groups excluding carboxylic acids is 1. The molecule has 1 heterocycles. The van der Waals surface area contributed by atoms with Crippen LogP contribution >= 0.6 is 0 Å². The molecule has 0 saturated carbocycles. The summed E-state index contributed by atoms with van der Waals surface area (Å²) in [6, 6.07) is 16.0. The molecular formula is C16H12NO. The zero-order chi connectivity index (χ0) is 12.5. The van der Waals surface area contributed by atoms with Crippen molar-refractivity contribution in [3.8, 4) is 11.1 Å². The molecule has 87 valence electrons. The van der Waals surface area contributed by atoms with E-state index in [2.05, 4.69) is 35.0 Å². The molecule has 0 aliphatic heterocycles. The summed E-state index contributed by atoms with van der Waals surface area (Å²) >= 11 is 0. The van der Waals surface area contributed by atoms with Crippen LogP contribution in [0.2, 0.25) is 0 Å². The first-order valence-electron chi connectivity index (χ1n) is 5.81. The van der Waals surface area contributed by atoms with Crippen LogP contribution in [0, 0.1) is 0 Å². The monoisotopic (exact) mass is 234 g/mol. The molecule has 0 spiro atoms. The lowest BCUT2D eigenvalue weighted by molar-refractivity contribution is 0.563. The van der Waals surface area contributed by atoms with Crippen molar-refractivity contribution in [3.63, 3.8) is 0 Å². The average molecular weight is 234 g/mol. The van der Waals surface area contributed by atoms with E-state index < -0.39 is 0 Å². The Labute approximate surface area is 105 Å². The quantitative estimate of drug-likeness (QED) is 0.666. The van der Waals surface area contributed by atoms with Gasteiger partial charge in [-0.2, -0.15) is 0 Å². The van der Waals surface area contributed by atoms with Gasteiger partial charge in [0.2, 0.25) is 6.29 Å². The molecule has 0 aliphatic carbocycles. The fourth-order valence-corrected chi connectivity index (χ4v) is 2.19. The second-order valence-corrected chi connectivity index (χ2v) is 4.38. The molecular weight excluding hydrogens is 222 g/mol. The SMILES string of the molecule is Cn1ccc2cc(-c3ccc([C]=O)cc3)ccc21. The molecule has 2 aromatic carbocycles. The van der Waals surface area contributed by atoms with Gasteiger partial charge < -0.3 is 4.57 Å². The second kappa shape index (κ2) is 4.15. The molecule has 3 aromatic rings. The van der Waals surface area contributed by atoms with Gasteiger partial charge in [0.1, 0.15) is 0 Å². The first-order chi connectivity index (χ1) is 8.78. The fraction of sp³-hybridized carbons (Fsp3) is 0.0625. The maximum atomic E-state index is 10.5. The maximum absolute atomic E-state index is 10.5. The van der Waals surface area contributed by atoms with Gasteiger partial charge in [0.15, 0.2) is 0 Å². The van der Waals surface area contributed by atoms with Crippen LogP contribution in [0.1, 0.15) is 5.56 Å². The van der Waals surface area contributed by atoms with E-state index in [1.165, 1.54) is 10.9 Å². The van der Waals surface area contributed by atoms with Crippen molar-refractivity contribution in [2.24, 2.45) is 7.05 Å². The van der Waals surface area contributed by atoms with E-state index in [9.17, 15) is 4.79 Å². The average Bonchev–Trinajstić information content (AvgIpc) is 2.80. The van der Waals surface area contributed by atoms with E-state index in [0.717, 1.165) is 11.1 Å². The summed E-state index contributed by atoms with van der Waals surface area (Å²) in [5.74, 6) is 0. The first-order valence-corrected chi connectivity index (χ1v) is 5.81. The Balaban J connectivity index is 2.09. The van der Waals surface area contributed by atoms with E-state index in [0.29, 0.717) is 5.56 Å². The zero-order valence-electron chi connectivity index (χ0n) is 10.1. The van der Waals surface area contributed by atoms with Crippen molar-refractivity contribution in [3.05, 3.63) is 60.3 Å². The Morgan fingerprint density at radius 3 is 2.39 bits per heavy atom. The Morgan fingerprint density at radius 1 is 0.944 bits per heavy atom. The summed E-state index contributed by atoms with van der Waals surface area (Å²) in [5.41, 5.74) is 4.07. The smallest absolute Gasteiger partial charge is 0.233 e. The number of aryl methyl sites for hydroxylation is 1. The van der Waals surface area contributed by atoms with Crippen molar-refractivity contribution >= 4 is 17.2 Å². The van der Waals surface area contributed by atoms with Gasteiger partial charge in [-0.1, -0.05) is 30.3 Å². The lowest BCUT2D eigenvalue weighted by atomic mass is 10.0. The molecule has 0 fully saturated rings. The van der Waals surface area contributed by atoms with E-state index in [1.54, 1.807) is 12.1 Å². The predicted octanol–water partition coefficient (Wildman–Crippen LogP) is 3.30. The van der Waals surface area contributed by atoms with Gasteiger partial charge in [0.25, 0.3) is 0 Å². The normalized spacial score (nSPS) is 10.7. The predicted molar refractivity (Wildman–Crippen MR) is 73.2 cm³/mol. The van der Waals surface area contributed by atoms with Crippen LogP contribution in [0.25, 0.3) is 22.0 Å². The van der Waals surface area contributed by atoms with Crippen molar-refractivity contribution < 1.29 is 4.79 Å². The molecule has 18 heavy (non-hydrogen) atoms. The lowest BCUT2D eigenvalue weighted by Gasteiger charge is -2.03. The molecule has 0 N–H and O–H groups in total. The van der Waals surface area contributed by atoms with Gasteiger partial charge in [-0.15, -0.1) is 0 Å². The maximum Gasteiger partial charge on any atom is 0.233 e. The lowest BCUT2D eigenvalue weighted by Crippen LogP contribution is -1.84. The van der Waals surface area contributed by atoms with Crippen molar-refractivity contribution in [1.82, 2.24) is 4.57 Å². The Morgan fingerprint density at radius 2 is 1.67 bits per heavy atom. The highest BCUT2D eigenvalue weighted by Gasteiger charge is 2.02. The van der Waals surface area contributed by atoms with Crippen LogP contribution in [0.4, 0.5) is 0 Å². The van der Waals surface area contributed by atoms with Crippen molar-refractivity contribution in [1.29, 1.82) is 0 Å². The van der Waals surface area contributed by atoms with Crippen LogP contribution in [-0.4, -0.2) is 10.9 Å². The molecule has 0 amide bonds. The van der Waals surface area contributed by atoms with Gasteiger partial charge in [-0.25, -0.2) is 0 Å². The standard InChI is InChI=1S/C16H12NO/c1-17-9-8-15-10-14(6-7-16(15)17)13-4-2-12(11-18)3-5-13/h2-10H,1H3. The van der Waals surface area contributed by atoms with E-state index in [-0.39, 0.29) is 0 Å². The van der Waals surface area contributed by atoms with Crippen molar-refractivity contribution in [2.75, 3.05) is 0 Å². The minimum Gasteiger partial charge on any atom is -0.351 e. The number of hydrogen-bond donors (Lipinski definition) is 0. The molecule has 2 heteroatoms. The number of nitrogens with zero attached hydrogens (tertiary/aromatic N) is 1. The number of aromatic nitrogens is 1. The van der Waals surface area contributed by atoms with Crippen LogP contribution in [0.15, 0.2) is 54.7 Å². The summed E-state index contributed by atoms with van der Waals surface area (Å²) in [6.07, 6.45) is 3.94. The van der Waals surface area contributed by atoms with Crippen LogP contribution < -0.4 is 0 Å². The fourth-order valence-electron chi connectivity index (χ4n) is 2.19. The number of fused-ring (bicyclic) bond motifs is 1. The Kier molecular flexibility index (Phi) is 2.49. The van der Waals surface area contributed by atoms with E-state index in [4.69, 9.17) is 0 Å². The Bertz CT molecular complexity index is 708. The zero-order valence-corrected chi connectivity index (χ0v) is 10.1. The molecule has 0 saturated heterocycles.